The predicted octanol–water partition coefficient (Wildman–Crippen LogP) is 5.92. The van der Waals surface area contributed by atoms with Crippen molar-refractivity contribution in [3.63, 3.8) is 0 Å². The van der Waals surface area contributed by atoms with Crippen LogP contribution >= 0.6 is 11.6 Å². The van der Waals surface area contributed by atoms with E-state index >= 15 is 0 Å². The summed E-state index contributed by atoms with van der Waals surface area (Å²) in [5.41, 5.74) is 3.53. The summed E-state index contributed by atoms with van der Waals surface area (Å²) in [5, 5.41) is 10.1. The normalized spacial score (nSPS) is 11.6. The molecule has 5 rings (SSSR count). The third kappa shape index (κ3) is 2.74. The molecule has 4 heteroatoms. The Hall–Kier alpha value is -3.43. The number of benzene rings is 3. The van der Waals surface area contributed by atoms with Crippen molar-refractivity contribution in [1.82, 2.24) is 14.8 Å². The van der Waals surface area contributed by atoms with Gasteiger partial charge in [0, 0.05) is 11.6 Å². The predicted molar refractivity (Wildman–Crippen MR) is 117 cm³/mol. The molecule has 5 aromatic rings. The zero-order valence-electron chi connectivity index (χ0n) is 15.6. The molecule has 0 radical (unpaired) electrons. The zero-order valence-corrected chi connectivity index (χ0v) is 16.4. The average molecular weight is 396 g/mol. The largest absolute Gasteiger partial charge is 0.312 e. The summed E-state index contributed by atoms with van der Waals surface area (Å²) in [7, 11) is 0. The molecule has 0 atom stereocenters. The summed E-state index contributed by atoms with van der Waals surface area (Å²) in [4.78, 5) is 0. The molecule has 0 bridgehead atoms. The average Bonchev–Trinajstić information content (AvgIpc) is 3.23. The molecule has 3 aromatic carbocycles. The Kier molecular flexibility index (Phi) is 4.38. The number of hydrogen-bond donors (Lipinski definition) is 0. The lowest BCUT2D eigenvalue weighted by atomic mass is 9.76. The lowest BCUT2D eigenvalue weighted by Gasteiger charge is -2.38. The molecular formula is C25H18ClN3. The fraction of sp³-hybridized carbons (Fsp3) is 0.0400. The first-order chi connectivity index (χ1) is 14.3. The molecule has 0 spiro atoms. The van der Waals surface area contributed by atoms with Gasteiger partial charge in [0.25, 0.3) is 0 Å². The van der Waals surface area contributed by atoms with Gasteiger partial charge < -0.3 is 4.57 Å². The van der Waals surface area contributed by atoms with E-state index in [-0.39, 0.29) is 0 Å². The van der Waals surface area contributed by atoms with Crippen LogP contribution in [-0.4, -0.2) is 14.8 Å². The van der Waals surface area contributed by atoms with Crippen LogP contribution in [0.4, 0.5) is 0 Å². The minimum Gasteiger partial charge on any atom is -0.312 e. The van der Waals surface area contributed by atoms with Crippen LogP contribution in [0.15, 0.2) is 109 Å². The van der Waals surface area contributed by atoms with E-state index in [1.165, 1.54) is 0 Å². The standard InChI is InChI=1S/C25H18ClN3/c26-23-18-27-28-24-22(23)16-17-29(24)25(19-10-4-1-5-11-19,20-12-6-2-7-13-20)21-14-8-3-9-15-21/h1-18H. The van der Waals surface area contributed by atoms with Gasteiger partial charge in [0.15, 0.2) is 5.65 Å². The Labute approximate surface area is 174 Å². The Morgan fingerprint density at radius 2 is 1.14 bits per heavy atom. The van der Waals surface area contributed by atoms with Crippen LogP contribution < -0.4 is 0 Å². The van der Waals surface area contributed by atoms with Crippen molar-refractivity contribution in [2.45, 2.75) is 5.54 Å². The quantitative estimate of drug-likeness (QED) is 0.353. The first-order valence-electron chi connectivity index (χ1n) is 9.47. The van der Waals surface area contributed by atoms with Gasteiger partial charge in [-0.2, -0.15) is 5.10 Å². The fourth-order valence-corrected chi connectivity index (χ4v) is 4.33. The lowest BCUT2D eigenvalue weighted by Crippen LogP contribution is -2.37. The number of halogens is 1. The van der Waals surface area contributed by atoms with Crippen LogP contribution in [0, 0.1) is 0 Å². The smallest absolute Gasteiger partial charge is 0.165 e. The van der Waals surface area contributed by atoms with Gasteiger partial charge in [0.1, 0.15) is 5.54 Å². The minimum atomic E-state index is -0.620. The number of fused-ring (bicyclic) bond motifs is 1. The highest BCUT2D eigenvalue weighted by Crippen LogP contribution is 2.42. The van der Waals surface area contributed by atoms with E-state index in [1.54, 1.807) is 6.20 Å². The van der Waals surface area contributed by atoms with Crippen molar-refractivity contribution >= 4 is 22.6 Å². The molecule has 0 N–H and O–H groups in total. The highest BCUT2D eigenvalue weighted by atomic mass is 35.5. The monoisotopic (exact) mass is 395 g/mol. The minimum absolute atomic E-state index is 0.594. The molecule has 140 valence electrons. The molecule has 29 heavy (non-hydrogen) atoms. The van der Waals surface area contributed by atoms with Crippen LogP contribution in [0.1, 0.15) is 16.7 Å². The Morgan fingerprint density at radius 3 is 1.62 bits per heavy atom. The summed E-state index contributed by atoms with van der Waals surface area (Å²) in [5.74, 6) is 0. The number of aromatic nitrogens is 3. The lowest BCUT2D eigenvalue weighted by molar-refractivity contribution is 0.528. The van der Waals surface area contributed by atoms with Crippen molar-refractivity contribution in [2.75, 3.05) is 0 Å². The molecule has 0 amide bonds. The third-order valence-corrected chi connectivity index (χ3v) is 5.68. The van der Waals surface area contributed by atoms with E-state index in [0.29, 0.717) is 5.02 Å². The van der Waals surface area contributed by atoms with Crippen LogP contribution in [0.25, 0.3) is 11.0 Å². The topological polar surface area (TPSA) is 30.7 Å². The number of nitrogens with zero attached hydrogens (tertiary/aromatic N) is 3. The summed E-state index contributed by atoms with van der Waals surface area (Å²) >= 11 is 6.44. The van der Waals surface area contributed by atoms with Gasteiger partial charge in [-0.1, -0.05) is 103 Å². The highest BCUT2D eigenvalue weighted by Gasteiger charge is 2.39. The van der Waals surface area contributed by atoms with E-state index in [2.05, 4.69) is 93.8 Å². The number of rotatable bonds is 4. The summed E-state index contributed by atoms with van der Waals surface area (Å²) < 4.78 is 2.18. The second kappa shape index (κ2) is 7.19. The van der Waals surface area contributed by atoms with Crippen LogP contribution in [-0.2, 0) is 5.54 Å². The van der Waals surface area contributed by atoms with Crippen molar-refractivity contribution < 1.29 is 0 Å². The maximum atomic E-state index is 6.44. The molecule has 0 aliphatic carbocycles. The van der Waals surface area contributed by atoms with Gasteiger partial charge in [-0.05, 0) is 22.8 Å². The fourth-order valence-electron chi connectivity index (χ4n) is 4.14. The summed E-state index contributed by atoms with van der Waals surface area (Å²) in [6.07, 6.45) is 3.64. The zero-order chi connectivity index (χ0) is 19.7. The second-order valence-corrected chi connectivity index (χ2v) is 7.33. The van der Waals surface area contributed by atoms with E-state index in [9.17, 15) is 0 Å². The molecule has 0 fully saturated rings. The van der Waals surface area contributed by atoms with Crippen LogP contribution in [0.5, 0.6) is 0 Å². The van der Waals surface area contributed by atoms with Gasteiger partial charge in [-0.3, -0.25) is 0 Å². The van der Waals surface area contributed by atoms with E-state index in [4.69, 9.17) is 11.6 Å². The van der Waals surface area contributed by atoms with Crippen molar-refractivity contribution in [3.8, 4) is 0 Å². The van der Waals surface area contributed by atoms with Crippen LogP contribution in [0.2, 0.25) is 5.02 Å². The van der Waals surface area contributed by atoms with Gasteiger partial charge >= 0.3 is 0 Å². The summed E-state index contributed by atoms with van der Waals surface area (Å²) in [6.45, 7) is 0. The van der Waals surface area contributed by atoms with Crippen LogP contribution in [0.3, 0.4) is 0 Å². The SMILES string of the molecule is Clc1cnnc2c1ccn2C(c1ccccc1)(c1ccccc1)c1ccccc1. The third-order valence-electron chi connectivity index (χ3n) is 5.38. The summed E-state index contributed by atoms with van der Waals surface area (Å²) in [6, 6.07) is 33.5. The molecule has 0 aliphatic rings. The Balaban J connectivity index is 1.97. The van der Waals surface area contributed by atoms with Gasteiger partial charge in [-0.15, -0.1) is 5.10 Å². The van der Waals surface area contributed by atoms with Crippen molar-refractivity contribution in [2.24, 2.45) is 0 Å². The van der Waals surface area contributed by atoms with Gasteiger partial charge in [-0.25, -0.2) is 0 Å². The molecule has 0 aliphatic heterocycles. The Morgan fingerprint density at radius 1 is 0.655 bits per heavy atom. The van der Waals surface area contributed by atoms with E-state index in [1.807, 2.05) is 24.3 Å². The molecule has 0 unspecified atom stereocenters. The first kappa shape index (κ1) is 17.7. The van der Waals surface area contributed by atoms with E-state index < -0.39 is 5.54 Å². The highest BCUT2D eigenvalue weighted by molar-refractivity contribution is 6.35. The number of hydrogen-bond acceptors (Lipinski definition) is 2. The maximum absolute atomic E-state index is 6.44. The van der Waals surface area contributed by atoms with E-state index in [0.717, 1.165) is 27.7 Å². The second-order valence-electron chi connectivity index (χ2n) is 6.92. The molecule has 3 nitrogen and oxygen atoms in total. The van der Waals surface area contributed by atoms with Gasteiger partial charge in [0.2, 0.25) is 0 Å². The van der Waals surface area contributed by atoms with Crippen molar-refractivity contribution in [1.29, 1.82) is 0 Å². The molecular weight excluding hydrogens is 378 g/mol. The molecule has 2 aromatic heterocycles. The molecule has 2 heterocycles. The Bertz CT molecular complexity index is 1150. The molecule has 0 saturated carbocycles. The van der Waals surface area contributed by atoms with Gasteiger partial charge in [0.05, 0.1) is 11.2 Å². The molecule has 0 saturated heterocycles. The first-order valence-corrected chi connectivity index (χ1v) is 9.85. The maximum Gasteiger partial charge on any atom is 0.165 e. The van der Waals surface area contributed by atoms with Crippen molar-refractivity contribution in [3.05, 3.63) is 131 Å².